The molecule has 0 heterocycles. The quantitative estimate of drug-likeness (QED) is 0.895. The molecule has 0 radical (unpaired) electrons. The fraction of sp³-hybridized carbons (Fsp3) is 0.500. The van der Waals surface area contributed by atoms with Crippen molar-refractivity contribution in [3.05, 3.63) is 35.4 Å². The number of hydrogen-bond donors (Lipinski definition) is 2. The number of hydrogen-bond acceptors (Lipinski definition) is 2. The third kappa shape index (κ3) is 4.15. The average molecular weight is 284 g/mol. The summed E-state index contributed by atoms with van der Waals surface area (Å²) in [6, 6.07) is 3.89. The van der Waals surface area contributed by atoms with Gasteiger partial charge in [0.25, 0.3) is 0 Å². The van der Waals surface area contributed by atoms with Crippen molar-refractivity contribution in [1.29, 1.82) is 0 Å². The summed E-state index contributed by atoms with van der Waals surface area (Å²) in [7, 11) is 0. The lowest BCUT2D eigenvalue weighted by Gasteiger charge is -2.22. The lowest BCUT2D eigenvalue weighted by molar-refractivity contribution is -0.137. The number of nitrogens with two attached hydrogens (primary N) is 1. The Bertz CT molecular complexity index is 365. The van der Waals surface area contributed by atoms with Gasteiger partial charge < -0.3 is 10.8 Å². The molecule has 0 bridgehead atoms. The molecule has 2 nitrogen and oxygen atoms in total. The summed E-state index contributed by atoms with van der Waals surface area (Å²) < 4.78 is 37.0. The zero-order chi connectivity index (χ0) is 13.2. The van der Waals surface area contributed by atoms with Gasteiger partial charge >= 0.3 is 6.18 Å². The predicted molar refractivity (Wildman–Crippen MR) is 66.5 cm³/mol. The van der Waals surface area contributed by atoms with E-state index in [0.717, 1.165) is 12.1 Å². The van der Waals surface area contributed by atoms with Gasteiger partial charge in [0.2, 0.25) is 0 Å². The smallest absolute Gasteiger partial charge is 0.391 e. The van der Waals surface area contributed by atoms with E-state index in [9.17, 15) is 18.3 Å². The van der Waals surface area contributed by atoms with Crippen molar-refractivity contribution < 1.29 is 18.3 Å². The van der Waals surface area contributed by atoms with Crippen molar-refractivity contribution in [2.45, 2.75) is 32.2 Å². The molecule has 0 unspecified atom stereocenters. The molecule has 0 fully saturated rings. The Hall–Kier alpha value is -0.780. The number of rotatable bonds is 3. The molecule has 0 amide bonds. The van der Waals surface area contributed by atoms with Crippen molar-refractivity contribution in [3.8, 4) is 0 Å². The molecular formula is C12H17ClF3NO. The number of aliphatic hydroxyl groups is 1. The average Bonchev–Trinajstić information content (AvgIpc) is 2.26. The van der Waals surface area contributed by atoms with Gasteiger partial charge in [0, 0.05) is 0 Å². The monoisotopic (exact) mass is 283 g/mol. The number of benzene rings is 1. The molecule has 1 rings (SSSR count). The van der Waals surface area contributed by atoms with Crippen LogP contribution in [0.2, 0.25) is 0 Å². The van der Waals surface area contributed by atoms with E-state index in [4.69, 9.17) is 5.73 Å². The Labute approximate surface area is 110 Å². The normalized spacial score (nSPS) is 15.1. The highest BCUT2D eigenvalue weighted by atomic mass is 35.5. The Morgan fingerprint density at radius 2 is 1.56 bits per heavy atom. The third-order valence-corrected chi connectivity index (χ3v) is 2.67. The van der Waals surface area contributed by atoms with E-state index in [0.29, 0.717) is 5.56 Å². The van der Waals surface area contributed by atoms with Crippen molar-refractivity contribution in [2.24, 2.45) is 11.7 Å². The molecular weight excluding hydrogens is 267 g/mol. The van der Waals surface area contributed by atoms with Gasteiger partial charge in [-0.15, -0.1) is 12.4 Å². The topological polar surface area (TPSA) is 46.2 Å². The minimum absolute atomic E-state index is 0. The van der Waals surface area contributed by atoms with Crippen LogP contribution in [-0.2, 0) is 6.18 Å². The van der Waals surface area contributed by atoms with Crippen molar-refractivity contribution >= 4 is 12.4 Å². The van der Waals surface area contributed by atoms with Crippen LogP contribution in [0, 0.1) is 5.92 Å². The molecule has 3 N–H and O–H groups in total. The van der Waals surface area contributed by atoms with Gasteiger partial charge in [0.15, 0.2) is 0 Å². The molecule has 18 heavy (non-hydrogen) atoms. The number of alkyl halides is 3. The number of aliphatic hydroxyl groups excluding tert-OH is 1. The van der Waals surface area contributed by atoms with Crippen LogP contribution in [0.4, 0.5) is 13.2 Å². The summed E-state index contributed by atoms with van der Waals surface area (Å²) in [5.74, 6) is -0.0488. The molecule has 1 aromatic carbocycles. The second-order valence-electron chi connectivity index (χ2n) is 4.38. The van der Waals surface area contributed by atoms with Crippen molar-refractivity contribution in [2.75, 3.05) is 0 Å². The van der Waals surface area contributed by atoms with Crippen LogP contribution in [0.1, 0.15) is 31.0 Å². The Morgan fingerprint density at radius 1 is 1.11 bits per heavy atom. The van der Waals surface area contributed by atoms with Crippen LogP contribution in [0.15, 0.2) is 24.3 Å². The standard InChI is InChI=1S/C12H16F3NO.ClH/c1-7(2)11(17)10(16)8-3-5-9(6-4-8)12(13,14)15;/h3-7,10-11,17H,16H2,1-2H3;1H/t10-,11+;/m0./s1. The lowest BCUT2D eigenvalue weighted by Crippen LogP contribution is -2.30. The SMILES string of the molecule is CC(C)[C@@H](O)[C@@H](N)c1ccc(C(F)(F)F)cc1.Cl. The Balaban J connectivity index is 0.00000289. The van der Waals surface area contributed by atoms with E-state index in [1.807, 2.05) is 0 Å². The lowest BCUT2D eigenvalue weighted by atomic mass is 9.94. The van der Waals surface area contributed by atoms with Gasteiger partial charge in [-0.25, -0.2) is 0 Å². The molecule has 2 atom stereocenters. The molecule has 6 heteroatoms. The maximum atomic E-state index is 12.3. The molecule has 0 aliphatic carbocycles. The summed E-state index contributed by atoms with van der Waals surface area (Å²) in [6.07, 6.45) is -5.12. The second-order valence-corrected chi connectivity index (χ2v) is 4.38. The van der Waals surface area contributed by atoms with Crippen LogP contribution in [0.25, 0.3) is 0 Å². The van der Waals surface area contributed by atoms with E-state index in [-0.39, 0.29) is 18.3 Å². The Morgan fingerprint density at radius 3 is 1.89 bits per heavy atom. The first-order chi connectivity index (χ1) is 7.73. The van der Waals surface area contributed by atoms with Gasteiger partial charge in [-0.3, -0.25) is 0 Å². The van der Waals surface area contributed by atoms with Crippen molar-refractivity contribution in [1.82, 2.24) is 0 Å². The molecule has 0 saturated heterocycles. The first-order valence-corrected chi connectivity index (χ1v) is 5.34. The maximum Gasteiger partial charge on any atom is 0.416 e. The van der Waals surface area contributed by atoms with Crippen LogP contribution in [0.3, 0.4) is 0 Å². The summed E-state index contributed by atoms with van der Waals surface area (Å²) in [6.45, 7) is 3.60. The Kier molecular flexibility index (Phi) is 6.13. The zero-order valence-corrected chi connectivity index (χ0v) is 10.9. The van der Waals surface area contributed by atoms with Crippen LogP contribution in [-0.4, -0.2) is 11.2 Å². The second kappa shape index (κ2) is 6.41. The van der Waals surface area contributed by atoms with Crippen molar-refractivity contribution in [3.63, 3.8) is 0 Å². The van der Waals surface area contributed by atoms with Gasteiger partial charge in [0.05, 0.1) is 17.7 Å². The minimum atomic E-state index is -4.35. The highest BCUT2D eigenvalue weighted by molar-refractivity contribution is 5.85. The molecule has 0 spiro atoms. The molecule has 0 aromatic heterocycles. The molecule has 104 valence electrons. The largest absolute Gasteiger partial charge is 0.416 e. The van der Waals surface area contributed by atoms with E-state index >= 15 is 0 Å². The van der Waals surface area contributed by atoms with Gasteiger partial charge in [-0.2, -0.15) is 13.2 Å². The fourth-order valence-electron chi connectivity index (χ4n) is 1.51. The van der Waals surface area contributed by atoms with E-state index in [1.165, 1.54) is 12.1 Å². The first kappa shape index (κ1) is 17.2. The molecule has 0 saturated carbocycles. The van der Waals surface area contributed by atoms with Crippen LogP contribution < -0.4 is 5.73 Å². The van der Waals surface area contributed by atoms with E-state index in [1.54, 1.807) is 13.8 Å². The number of halogens is 4. The molecule has 0 aliphatic heterocycles. The minimum Gasteiger partial charge on any atom is -0.391 e. The fourth-order valence-corrected chi connectivity index (χ4v) is 1.51. The predicted octanol–water partition coefficient (Wildman–Crippen LogP) is 3.14. The van der Waals surface area contributed by atoms with Crippen LogP contribution in [0.5, 0.6) is 0 Å². The summed E-state index contributed by atoms with van der Waals surface area (Å²) in [4.78, 5) is 0. The summed E-state index contributed by atoms with van der Waals surface area (Å²) in [5, 5.41) is 9.73. The third-order valence-electron chi connectivity index (χ3n) is 2.67. The van der Waals surface area contributed by atoms with Gasteiger partial charge in [0.1, 0.15) is 0 Å². The summed E-state index contributed by atoms with van der Waals surface area (Å²) >= 11 is 0. The van der Waals surface area contributed by atoms with Gasteiger partial charge in [-0.05, 0) is 23.6 Å². The highest BCUT2D eigenvalue weighted by Gasteiger charge is 2.30. The maximum absolute atomic E-state index is 12.3. The first-order valence-electron chi connectivity index (χ1n) is 5.34. The van der Waals surface area contributed by atoms with Crippen LogP contribution >= 0.6 is 12.4 Å². The zero-order valence-electron chi connectivity index (χ0n) is 10.1. The van der Waals surface area contributed by atoms with E-state index < -0.39 is 23.9 Å². The molecule has 1 aromatic rings. The highest BCUT2D eigenvalue weighted by Crippen LogP contribution is 2.30. The summed E-state index contributed by atoms with van der Waals surface area (Å²) in [5.41, 5.74) is 5.55. The van der Waals surface area contributed by atoms with Gasteiger partial charge in [-0.1, -0.05) is 26.0 Å². The molecule has 0 aliphatic rings. The van der Waals surface area contributed by atoms with E-state index in [2.05, 4.69) is 0 Å².